The number of ether oxygens (including phenoxy) is 1. The summed E-state index contributed by atoms with van der Waals surface area (Å²) in [6, 6.07) is 13.0. The third-order valence-electron chi connectivity index (χ3n) is 5.66. The van der Waals surface area contributed by atoms with E-state index in [1.807, 2.05) is 38.1 Å². The second-order valence-electron chi connectivity index (χ2n) is 8.56. The van der Waals surface area contributed by atoms with E-state index in [2.05, 4.69) is 15.8 Å². The van der Waals surface area contributed by atoms with Gasteiger partial charge in [-0.3, -0.25) is 4.79 Å². The summed E-state index contributed by atoms with van der Waals surface area (Å²) in [5.41, 5.74) is 4.24. The number of fused-ring (bicyclic) bond motifs is 1. The Kier molecular flexibility index (Phi) is 7.21. The van der Waals surface area contributed by atoms with Gasteiger partial charge in [0.25, 0.3) is 0 Å². The lowest BCUT2D eigenvalue weighted by Crippen LogP contribution is -2.30. The molecule has 0 radical (unpaired) electrons. The fraction of sp³-hybridized carbons (Fsp3) is 0.320. The lowest BCUT2D eigenvalue weighted by molar-refractivity contribution is -0.136. The van der Waals surface area contributed by atoms with Crippen LogP contribution in [0.2, 0.25) is 0 Å². The monoisotopic (exact) mass is 511 g/mol. The third kappa shape index (κ3) is 5.70. The molecule has 0 spiro atoms. The third-order valence-corrected chi connectivity index (χ3v) is 8.12. The van der Waals surface area contributed by atoms with Crippen molar-refractivity contribution < 1.29 is 23.1 Å². The van der Waals surface area contributed by atoms with Gasteiger partial charge in [-0.15, -0.1) is 11.3 Å². The number of carboxylic acid groups (broad SMARTS) is 1. The number of benzene rings is 2. The highest BCUT2D eigenvalue weighted by Gasteiger charge is 2.29. The minimum Gasteiger partial charge on any atom is -0.490 e. The molecule has 0 bridgehead atoms. The van der Waals surface area contributed by atoms with Crippen LogP contribution in [0.4, 0.5) is 0 Å². The fourth-order valence-corrected chi connectivity index (χ4v) is 6.35. The Labute approximate surface area is 208 Å². The molecule has 4 rings (SSSR count). The summed E-state index contributed by atoms with van der Waals surface area (Å²) in [6.45, 7) is 3.82. The summed E-state index contributed by atoms with van der Waals surface area (Å²) in [7, 11) is -3.71. The minimum absolute atomic E-state index is 0.0370. The minimum atomic E-state index is -3.71. The van der Waals surface area contributed by atoms with E-state index >= 15 is 0 Å². The number of nitriles is 1. The number of aliphatic carboxylic acids is 1. The topological polar surface area (TPSA) is 129 Å². The van der Waals surface area contributed by atoms with E-state index in [0.717, 1.165) is 32.1 Å². The zero-order valence-corrected chi connectivity index (χ0v) is 20.9. The first-order valence-corrected chi connectivity index (χ1v) is 13.6. The summed E-state index contributed by atoms with van der Waals surface area (Å²) in [5, 5.41) is 19.1. The molecule has 0 aliphatic heterocycles. The average molecular weight is 512 g/mol. The van der Waals surface area contributed by atoms with Gasteiger partial charge in [0.1, 0.15) is 16.8 Å². The predicted molar refractivity (Wildman–Crippen MR) is 134 cm³/mol. The first-order chi connectivity index (χ1) is 16.7. The molecule has 35 heavy (non-hydrogen) atoms. The molecule has 2 N–H and O–H groups in total. The Balaban J connectivity index is 1.59. The number of sulfonamides is 1. The van der Waals surface area contributed by atoms with Crippen molar-refractivity contribution >= 4 is 27.3 Å². The van der Waals surface area contributed by atoms with Crippen molar-refractivity contribution in [3.05, 3.63) is 59.3 Å². The van der Waals surface area contributed by atoms with Gasteiger partial charge in [-0.2, -0.15) is 5.26 Å². The van der Waals surface area contributed by atoms with Crippen LogP contribution in [0, 0.1) is 11.3 Å². The van der Waals surface area contributed by atoms with E-state index in [9.17, 15) is 18.5 Å². The van der Waals surface area contributed by atoms with Gasteiger partial charge in [0.05, 0.1) is 28.7 Å². The van der Waals surface area contributed by atoms with Gasteiger partial charge in [0.2, 0.25) is 10.0 Å². The lowest BCUT2D eigenvalue weighted by atomic mass is 10.0. The average Bonchev–Trinajstić information content (AvgIpc) is 3.45. The van der Waals surface area contributed by atoms with Crippen LogP contribution in [0.25, 0.3) is 21.0 Å². The second kappa shape index (κ2) is 10.2. The zero-order valence-electron chi connectivity index (χ0n) is 19.3. The van der Waals surface area contributed by atoms with Gasteiger partial charge in [0, 0.05) is 17.8 Å². The number of hydrogen-bond acceptors (Lipinski definition) is 7. The Morgan fingerprint density at radius 3 is 2.86 bits per heavy atom. The molecule has 3 aromatic rings. The van der Waals surface area contributed by atoms with Crippen LogP contribution in [-0.2, 0) is 21.2 Å². The molecule has 182 valence electrons. The van der Waals surface area contributed by atoms with E-state index in [-0.39, 0.29) is 12.1 Å². The molecule has 0 saturated carbocycles. The van der Waals surface area contributed by atoms with Crippen molar-refractivity contribution in [2.24, 2.45) is 0 Å². The van der Waals surface area contributed by atoms with E-state index in [1.54, 1.807) is 18.3 Å². The molecule has 1 heterocycles. The molecule has 0 fully saturated rings. The fourth-order valence-electron chi connectivity index (χ4n) is 4.14. The number of carboxylic acids is 1. The summed E-state index contributed by atoms with van der Waals surface area (Å²) < 4.78 is 33.0. The normalized spacial score (nSPS) is 15.1. The number of thiazole rings is 1. The largest absolute Gasteiger partial charge is 0.490 e. The van der Waals surface area contributed by atoms with Gasteiger partial charge >= 0.3 is 5.97 Å². The van der Waals surface area contributed by atoms with E-state index in [4.69, 9.17) is 9.84 Å². The maximum absolute atomic E-state index is 12.3. The Hall–Kier alpha value is -3.26. The van der Waals surface area contributed by atoms with Gasteiger partial charge in [-0.05, 0) is 61.6 Å². The van der Waals surface area contributed by atoms with Crippen LogP contribution in [0.3, 0.4) is 0 Å². The summed E-state index contributed by atoms with van der Waals surface area (Å²) in [6.07, 6.45) is 2.63. The smallest absolute Gasteiger partial charge is 0.304 e. The number of hydrogen-bond donors (Lipinski definition) is 2. The van der Waals surface area contributed by atoms with Gasteiger partial charge in [-0.1, -0.05) is 18.2 Å². The molecule has 1 aliphatic rings. The SMILES string of the molecule is CC(C)Oc1ccc(-c2ncc(-c3cccc4c3CC[C@H]4NS(=O)(=O)CCC(=O)O)s2)cc1C#N. The number of carbonyl (C=O) groups is 1. The molecule has 0 saturated heterocycles. The summed E-state index contributed by atoms with van der Waals surface area (Å²) in [5.74, 6) is -1.05. The molecule has 10 heteroatoms. The molecule has 1 aliphatic carbocycles. The van der Waals surface area contributed by atoms with Crippen molar-refractivity contribution in [3.63, 3.8) is 0 Å². The molecule has 8 nitrogen and oxygen atoms in total. The van der Waals surface area contributed by atoms with Crippen LogP contribution in [-0.4, -0.2) is 36.3 Å². The molecule has 2 aromatic carbocycles. The first-order valence-electron chi connectivity index (χ1n) is 11.2. The number of nitrogens with one attached hydrogen (secondary N) is 1. The molecule has 1 atom stereocenters. The van der Waals surface area contributed by atoms with E-state index in [1.165, 1.54) is 11.3 Å². The van der Waals surface area contributed by atoms with Crippen molar-refractivity contribution in [2.75, 3.05) is 5.75 Å². The predicted octanol–water partition coefficient (Wildman–Crippen LogP) is 4.52. The van der Waals surface area contributed by atoms with Crippen molar-refractivity contribution in [3.8, 4) is 32.8 Å². The number of aromatic nitrogens is 1. The van der Waals surface area contributed by atoms with Crippen molar-refractivity contribution in [1.82, 2.24) is 9.71 Å². The van der Waals surface area contributed by atoms with Gasteiger partial charge < -0.3 is 9.84 Å². The van der Waals surface area contributed by atoms with E-state index in [0.29, 0.717) is 24.2 Å². The maximum Gasteiger partial charge on any atom is 0.304 e. The van der Waals surface area contributed by atoms with Gasteiger partial charge in [0.15, 0.2) is 0 Å². The Morgan fingerprint density at radius 2 is 2.14 bits per heavy atom. The lowest BCUT2D eigenvalue weighted by Gasteiger charge is -2.14. The molecule has 1 aromatic heterocycles. The first kappa shape index (κ1) is 24.9. The quantitative estimate of drug-likeness (QED) is 0.432. The highest BCUT2D eigenvalue weighted by atomic mass is 32.2. The van der Waals surface area contributed by atoms with E-state index < -0.39 is 28.2 Å². The van der Waals surface area contributed by atoms with Crippen LogP contribution < -0.4 is 9.46 Å². The van der Waals surface area contributed by atoms with Crippen LogP contribution in [0.15, 0.2) is 42.6 Å². The van der Waals surface area contributed by atoms with Crippen molar-refractivity contribution in [2.45, 2.75) is 45.3 Å². The number of nitrogens with zero attached hydrogens (tertiary/aromatic N) is 2. The molecule has 0 unspecified atom stereocenters. The molecular weight excluding hydrogens is 486 g/mol. The zero-order chi connectivity index (χ0) is 25.2. The highest BCUT2D eigenvalue weighted by Crippen LogP contribution is 2.41. The van der Waals surface area contributed by atoms with Crippen molar-refractivity contribution in [1.29, 1.82) is 5.26 Å². The Bertz CT molecular complexity index is 1410. The van der Waals surface area contributed by atoms with Crippen LogP contribution >= 0.6 is 11.3 Å². The summed E-state index contributed by atoms with van der Waals surface area (Å²) >= 11 is 1.50. The Morgan fingerprint density at radius 1 is 1.34 bits per heavy atom. The second-order valence-corrected chi connectivity index (χ2v) is 11.5. The van der Waals surface area contributed by atoms with Gasteiger partial charge in [-0.25, -0.2) is 18.1 Å². The highest BCUT2D eigenvalue weighted by molar-refractivity contribution is 7.89. The molecular formula is C25H25N3O5S2. The molecule has 0 amide bonds. The maximum atomic E-state index is 12.3. The number of rotatable bonds is 9. The van der Waals surface area contributed by atoms with Crippen LogP contribution in [0.5, 0.6) is 5.75 Å². The summed E-state index contributed by atoms with van der Waals surface area (Å²) in [4.78, 5) is 16.3. The standard InChI is InChI=1S/C25H25N3O5S2/c1-15(2)33-22-9-6-16(12-17(22)13-26)25-27-14-23(34-25)20-5-3-4-19-18(20)7-8-21(19)28-35(31,32)11-10-24(29)30/h3-6,9,12,14-15,21,28H,7-8,10-11H2,1-2H3,(H,29,30)/t21-/m1/s1. The van der Waals surface area contributed by atoms with Crippen LogP contribution in [0.1, 0.15) is 49.4 Å².